The molecule has 0 bridgehead atoms. The van der Waals surface area contributed by atoms with Crippen LogP contribution in [-0.2, 0) is 11.3 Å². The molecule has 1 fully saturated rings. The van der Waals surface area contributed by atoms with E-state index in [1.54, 1.807) is 30.3 Å². The second-order valence-corrected chi connectivity index (χ2v) is 9.71. The summed E-state index contributed by atoms with van der Waals surface area (Å²) >= 11 is 12.9. The Morgan fingerprint density at radius 1 is 1.03 bits per heavy atom. The molecule has 0 aliphatic carbocycles. The number of non-ortho nitro benzene ring substituents is 1. The first-order valence-corrected chi connectivity index (χ1v) is 11.8. The summed E-state index contributed by atoms with van der Waals surface area (Å²) in [5, 5.41) is 11.5. The van der Waals surface area contributed by atoms with Crippen molar-refractivity contribution in [1.82, 2.24) is 9.47 Å². The number of nitrogens with zero attached hydrogens (tertiary/aromatic N) is 3. The zero-order valence-electron chi connectivity index (χ0n) is 18.5. The van der Waals surface area contributed by atoms with Gasteiger partial charge in [0.1, 0.15) is 0 Å². The molecular formula is C24H19Cl2N3O4S. The molecule has 0 atom stereocenters. The van der Waals surface area contributed by atoms with Gasteiger partial charge in [0.05, 0.1) is 26.4 Å². The normalized spacial score (nSPS) is 15.0. The zero-order valence-corrected chi connectivity index (χ0v) is 20.8. The number of hydrogen-bond donors (Lipinski definition) is 0. The van der Waals surface area contributed by atoms with Crippen molar-refractivity contribution in [3.8, 4) is 5.69 Å². The molecule has 1 aliphatic rings. The smallest absolute Gasteiger partial charge is 0.293 e. The second kappa shape index (κ2) is 9.29. The molecule has 0 spiro atoms. The van der Waals surface area contributed by atoms with E-state index in [4.69, 9.17) is 23.2 Å². The van der Waals surface area contributed by atoms with Crippen molar-refractivity contribution in [1.29, 1.82) is 0 Å². The Bertz CT molecular complexity index is 1400. The van der Waals surface area contributed by atoms with Crippen molar-refractivity contribution in [3.63, 3.8) is 0 Å². The Balaban J connectivity index is 1.64. The quantitative estimate of drug-likeness (QED) is 0.210. The van der Waals surface area contributed by atoms with E-state index in [9.17, 15) is 19.7 Å². The van der Waals surface area contributed by atoms with Crippen LogP contribution in [0.1, 0.15) is 28.1 Å². The molecule has 10 heteroatoms. The third kappa shape index (κ3) is 4.49. The van der Waals surface area contributed by atoms with Gasteiger partial charge in [0.25, 0.3) is 16.8 Å². The van der Waals surface area contributed by atoms with Crippen LogP contribution in [0.5, 0.6) is 0 Å². The minimum absolute atomic E-state index is 0.0274. The number of carbonyl (C=O) groups excluding carboxylic acids is 2. The predicted molar refractivity (Wildman–Crippen MR) is 135 cm³/mol. The van der Waals surface area contributed by atoms with E-state index in [0.717, 1.165) is 40.0 Å². The van der Waals surface area contributed by atoms with E-state index in [-0.39, 0.29) is 23.4 Å². The molecule has 1 aromatic heterocycles. The van der Waals surface area contributed by atoms with Gasteiger partial charge in [-0.15, -0.1) is 0 Å². The average molecular weight is 516 g/mol. The molecule has 2 heterocycles. The highest BCUT2D eigenvalue weighted by molar-refractivity contribution is 8.18. The van der Waals surface area contributed by atoms with Gasteiger partial charge in [-0.2, -0.15) is 0 Å². The molecule has 2 amide bonds. The summed E-state index contributed by atoms with van der Waals surface area (Å²) < 4.78 is 1.98. The van der Waals surface area contributed by atoms with Crippen LogP contribution in [0.3, 0.4) is 0 Å². The van der Waals surface area contributed by atoms with Gasteiger partial charge in [0.2, 0.25) is 0 Å². The number of nitro benzene ring substituents is 1. The zero-order chi connectivity index (χ0) is 24.7. The number of thioether (sulfide) groups is 1. The topological polar surface area (TPSA) is 85.4 Å². The van der Waals surface area contributed by atoms with Crippen LogP contribution in [0.25, 0.3) is 11.8 Å². The highest BCUT2D eigenvalue weighted by Gasteiger charge is 2.35. The number of amides is 2. The van der Waals surface area contributed by atoms with E-state index in [0.29, 0.717) is 20.5 Å². The first kappa shape index (κ1) is 24.1. The summed E-state index contributed by atoms with van der Waals surface area (Å²) in [5.41, 5.74) is 4.83. The Morgan fingerprint density at radius 3 is 2.41 bits per heavy atom. The summed E-state index contributed by atoms with van der Waals surface area (Å²) in [6.07, 6.45) is 1.71. The van der Waals surface area contributed by atoms with E-state index in [2.05, 4.69) is 0 Å². The molecule has 2 aromatic carbocycles. The number of hydrogen-bond acceptors (Lipinski definition) is 5. The number of benzene rings is 2. The maximum absolute atomic E-state index is 13.0. The van der Waals surface area contributed by atoms with Gasteiger partial charge in [-0.25, -0.2) is 0 Å². The van der Waals surface area contributed by atoms with Crippen LogP contribution in [0.4, 0.5) is 10.5 Å². The van der Waals surface area contributed by atoms with Gasteiger partial charge in [-0.1, -0.05) is 29.3 Å². The Morgan fingerprint density at radius 2 is 1.76 bits per heavy atom. The highest BCUT2D eigenvalue weighted by atomic mass is 35.5. The lowest BCUT2D eigenvalue weighted by Gasteiger charge is -2.13. The van der Waals surface area contributed by atoms with E-state index < -0.39 is 4.92 Å². The van der Waals surface area contributed by atoms with E-state index in [1.165, 1.54) is 17.0 Å². The van der Waals surface area contributed by atoms with Crippen LogP contribution in [0.15, 0.2) is 47.4 Å². The van der Waals surface area contributed by atoms with E-state index in [1.807, 2.05) is 31.4 Å². The van der Waals surface area contributed by atoms with Crippen molar-refractivity contribution >= 4 is 57.9 Å². The van der Waals surface area contributed by atoms with E-state index >= 15 is 0 Å². The van der Waals surface area contributed by atoms with Crippen molar-refractivity contribution in [2.45, 2.75) is 27.3 Å². The number of rotatable bonds is 5. The summed E-state index contributed by atoms with van der Waals surface area (Å²) in [7, 11) is 0. The van der Waals surface area contributed by atoms with Gasteiger partial charge in [0.15, 0.2) is 0 Å². The minimum Gasteiger partial charge on any atom is -0.318 e. The molecule has 0 saturated carbocycles. The first-order valence-electron chi connectivity index (χ1n) is 10.2. The molecule has 0 unspecified atom stereocenters. The van der Waals surface area contributed by atoms with Crippen molar-refractivity contribution in [3.05, 3.63) is 95.6 Å². The lowest BCUT2D eigenvalue weighted by molar-refractivity contribution is -0.384. The Labute approximate surface area is 210 Å². The fourth-order valence-electron chi connectivity index (χ4n) is 3.91. The summed E-state index contributed by atoms with van der Waals surface area (Å²) in [6, 6.07) is 11.6. The molecule has 1 aliphatic heterocycles. The number of aromatic nitrogens is 1. The fraction of sp³-hybridized carbons (Fsp3) is 0.167. The Hall–Kier alpha value is -3.07. The maximum atomic E-state index is 13.0. The lowest BCUT2D eigenvalue weighted by atomic mass is 10.1. The number of halogens is 2. The minimum atomic E-state index is -0.425. The molecule has 7 nitrogen and oxygen atoms in total. The number of aryl methyl sites for hydroxylation is 2. The molecule has 0 N–H and O–H groups in total. The summed E-state index contributed by atoms with van der Waals surface area (Å²) in [4.78, 5) is 37.7. The van der Waals surface area contributed by atoms with Crippen LogP contribution >= 0.6 is 35.0 Å². The molecule has 1 saturated heterocycles. The second-order valence-electron chi connectivity index (χ2n) is 7.91. The summed E-state index contributed by atoms with van der Waals surface area (Å²) in [6.45, 7) is 5.73. The Kier molecular flexibility index (Phi) is 6.58. The monoisotopic (exact) mass is 515 g/mol. The third-order valence-corrected chi connectivity index (χ3v) is 7.23. The van der Waals surface area contributed by atoms with Crippen molar-refractivity contribution in [2.75, 3.05) is 0 Å². The first-order chi connectivity index (χ1) is 16.1. The van der Waals surface area contributed by atoms with Crippen LogP contribution < -0.4 is 0 Å². The van der Waals surface area contributed by atoms with Gasteiger partial charge in [-0.05, 0) is 79.6 Å². The summed E-state index contributed by atoms with van der Waals surface area (Å²) in [5.74, 6) is -0.377. The number of carbonyl (C=O) groups is 2. The lowest BCUT2D eigenvalue weighted by Crippen LogP contribution is -2.27. The van der Waals surface area contributed by atoms with Gasteiger partial charge >= 0.3 is 0 Å². The van der Waals surface area contributed by atoms with Crippen molar-refractivity contribution in [2.24, 2.45) is 0 Å². The third-order valence-electron chi connectivity index (χ3n) is 5.59. The maximum Gasteiger partial charge on any atom is 0.293 e. The average Bonchev–Trinajstić information content (AvgIpc) is 3.20. The van der Waals surface area contributed by atoms with Crippen molar-refractivity contribution < 1.29 is 14.5 Å². The number of nitro groups is 1. The van der Waals surface area contributed by atoms with Crippen LogP contribution in [0, 0.1) is 30.9 Å². The van der Waals surface area contributed by atoms with Crippen LogP contribution in [-0.4, -0.2) is 25.5 Å². The van der Waals surface area contributed by atoms with Gasteiger partial charge < -0.3 is 4.57 Å². The van der Waals surface area contributed by atoms with Crippen LogP contribution in [0.2, 0.25) is 10.0 Å². The molecule has 3 aromatic rings. The van der Waals surface area contributed by atoms with Gasteiger partial charge in [-0.3, -0.25) is 24.6 Å². The standard InChI is InChI=1S/C24H19Cl2N3O4S/c1-13-8-18(29(32)33)5-7-21(13)28-14(2)9-17(15(28)3)11-22-23(30)27(24(31)34-22)12-16-4-6-19(25)20(26)10-16/h4-11H,12H2,1-3H3/b22-11-. The largest absolute Gasteiger partial charge is 0.318 e. The number of imide groups is 1. The SMILES string of the molecule is Cc1cc([N+](=O)[O-])ccc1-n1c(C)cc(/C=C2\SC(=O)N(Cc3ccc(Cl)c(Cl)c3)C2=O)c1C. The highest BCUT2D eigenvalue weighted by Crippen LogP contribution is 2.35. The molecule has 34 heavy (non-hydrogen) atoms. The molecule has 4 rings (SSSR count). The predicted octanol–water partition coefficient (Wildman–Crippen LogP) is 6.85. The fourth-order valence-corrected chi connectivity index (χ4v) is 5.06. The van der Waals surface area contributed by atoms with Gasteiger partial charge in [0, 0.05) is 29.2 Å². The molecule has 174 valence electrons. The molecule has 0 radical (unpaired) electrons. The molecular weight excluding hydrogens is 497 g/mol.